The Balaban J connectivity index is 3.06. The highest BCUT2D eigenvalue weighted by molar-refractivity contribution is 14.1. The Morgan fingerprint density at radius 2 is 0.535 bits per heavy atom. The molecule has 0 atom stereocenters. The van der Waals surface area contributed by atoms with E-state index in [1.54, 1.807) is 22.9 Å². The van der Waals surface area contributed by atoms with Gasteiger partial charge in [-0.05, 0) is 6.42 Å². The third kappa shape index (κ3) is 38.3. The van der Waals surface area contributed by atoms with E-state index in [2.05, 4.69) is 6.92 Å². The van der Waals surface area contributed by atoms with Gasteiger partial charge in [0.05, 0.1) is 22.9 Å². The lowest BCUT2D eigenvalue weighted by Gasteiger charge is -2.05. The van der Waals surface area contributed by atoms with E-state index in [1.807, 2.05) is 0 Å². The maximum atomic E-state index is 11.3. The predicted molar refractivity (Wildman–Crippen MR) is 199 cm³/mol. The van der Waals surface area contributed by atoms with Gasteiger partial charge in [-0.25, -0.2) is 0 Å². The molecule has 0 rings (SSSR count). The molecule has 1 amide bonds. The molecule has 4 heteroatoms. The number of nitrogens with zero attached hydrogens (tertiary/aromatic N) is 1. The number of carbonyl (C=O) groups excluding carboxylic acids is 1. The molecule has 0 heterocycles. The molecule has 0 aliphatic carbocycles. The molecule has 1 N–H and O–H groups in total. The standard InChI is InChI=1S/C39H78INO2/c1-2-3-4-5-6-7-8-9-10-11-12-13-14-15-16-17-18-19-20-21-22-23-24-25-26-27-28-29-30-31-32-33-34-35-36-37-38-39(42)41(40)43/h43H,2-38H2,1H3. The molecule has 0 radical (unpaired) electrons. The van der Waals surface area contributed by atoms with Crippen molar-refractivity contribution in [2.24, 2.45) is 0 Å². The highest BCUT2D eigenvalue weighted by Gasteiger charge is 2.06. The van der Waals surface area contributed by atoms with Crippen molar-refractivity contribution in [3.63, 3.8) is 0 Å². The zero-order valence-corrected chi connectivity index (χ0v) is 31.5. The average Bonchev–Trinajstić information content (AvgIpc) is 3.00. The van der Waals surface area contributed by atoms with Crippen LogP contribution in [0, 0.1) is 0 Å². The van der Waals surface area contributed by atoms with Gasteiger partial charge in [0, 0.05) is 6.42 Å². The largest absolute Gasteiger partial charge is 0.276 e. The van der Waals surface area contributed by atoms with Gasteiger partial charge >= 0.3 is 0 Å². The molecule has 0 aromatic rings. The fourth-order valence-corrected chi connectivity index (χ4v) is 6.69. The van der Waals surface area contributed by atoms with Gasteiger partial charge in [-0.15, -0.1) is 0 Å². The normalized spacial score (nSPS) is 11.4. The maximum Gasteiger partial charge on any atom is 0.255 e. The monoisotopic (exact) mass is 720 g/mol. The zero-order valence-electron chi connectivity index (χ0n) is 29.3. The molecule has 0 saturated heterocycles. The molecule has 0 aliphatic rings. The van der Waals surface area contributed by atoms with E-state index in [4.69, 9.17) is 5.21 Å². The molecule has 0 aromatic carbocycles. The highest BCUT2D eigenvalue weighted by Crippen LogP contribution is 2.17. The molecule has 0 fully saturated rings. The quantitative estimate of drug-likeness (QED) is 0.0228. The number of carbonyl (C=O) groups is 1. The number of rotatable bonds is 37. The van der Waals surface area contributed by atoms with E-state index < -0.39 is 0 Å². The molecule has 0 spiro atoms. The van der Waals surface area contributed by atoms with Crippen molar-refractivity contribution in [1.29, 1.82) is 0 Å². The van der Waals surface area contributed by atoms with Crippen LogP contribution in [0.3, 0.4) is 0 Å². The first-order valence-corrected chi connectivity index (χ1v) is 20.8. The molecule has 0 aliphatic heterocycles. The number of hydrogen-bond donors (Lipinski definition) is 1. The average molecular weight is 720 g/mol. The number of unbranched alkanes of at least 4 members (excludes halogenated alkanes) is 35. The van der Waals surface area contributed by atoms with Crippen LogP contribution >= 0.6 is 22.9 Å². The summed E-state index contributed by atoms with van der Waals surface area (Å²) in [5, 5.41) is 9.02. The minimum absolute atomic E-state index is 0.179. The summed E-state index contributed by atoms with van der Waals surface area (Å²) in [7, 11) is 0. The van der Waals surface area contributed by atoms with Crippen molar-refractivity contribution < 1.29 is 10.0 Å². The first-order chi connectivity index (χ1) is 21.2. The van der Waals surface area contributed by atoms with Crippen molar-refractivity contribution in [1.82, 2.24) is 3.28 Å². The first kappa shape index (κ1) is 43.2. The summed E-state index contributed by atoms with van der Waals surface area (Å²) in [4.78, 5) is 11.3. The van der Waals surface area contributed by atoms with E-state index in [-0.39, 0.29) is 5.91 Å². The molecule has 0 saturated carbocycles. The van der Waals surface area contributed by atoms with Crippen LogP contribution in [0.4, 0.5) is 0 Å². The summed E-state index contributed by atoms with van der Waals surface area (Å²) >= 11 is 1.62. The minimum Gasteiger partial charge on any atom is -0.276 e. The Kier molecular flexibility index (Phi) is 38.5. The van der Waals surface area contributed by atoms with Crippen molar-refractivity contribution in [3.8, 4) is 0 Å². The van der Waals surface area contributed by atoms with E-state index in [1.165, 1.54) is 218 Å². The lowest BCUT2D eigenvalue weighted by molar-refractivity contribution is -0.141. The number of amides is 1. The van der Waals surface area contributed by atoms with Gasteiger partial charge < -0.3 is 0 Å². The molecule has 0 aromatic heterocycles. The molecule has 0 bridgehead atoms. The minimum atomic E-state index is -0.179. The molecule has 3 nitrogen and oxygen atoms in total. The Morgan fingerprint density at radius 1 is 0.372 bits per heavy atom. The highest BCUT2D eigenvalue weighted by atomic mass is 127. The SMILES string of the molecule is CCCCCCCCCCCCCCCCCCCCCCCCCCCCCCCCCCCCCCC(=O)N(O)I. The third-order valence-electron chi connectivity index (χ3n) is 9.45. The first-order valence-electron chi connectivity index (χ1n) is 19.9. The second-order valence-electron chi connectivity index (χ2n) is 13.8. The van der Waals surface area contributed by atoms with Crippen LogP contribution in [0.5, 0.6) is 0 Å². The van der Waals surface area contributed by atoms with Crippen molar-refractivity contribution in [2.45, 2.75) is 244 Å². The summed E-state index contributed by atoms with van der Waals surface area (Å²) < 4.78 is 0.683. The second kappa shape index (κ2) is 38.3. The third-order valence-corrected chi connectivity index (χ3v) is 9.99. The second-order valence-corrected chi connectivity index (χ2v) is 14.7. The summed E-state index contributed by atoms with van der Waals surface area (Å²) in [6.45, 7) is 2.30. The zero-order chi connectivity index (χ0) is 31.3. The number of hydrogen-bond acceptors (Lipinski definition) is 2. The van der Waals surface area contributed by atoms with Gasteiger partial charge in [0.2, 0.25) is 0 Å². The van der Waals surface area contributed by atoms with Gasteiger partial charge in [0.25, 0.3) is 5.91 Å². The summed E-state index contributed by atoms with van der Waals surface area (Å²) in [5.41, 5.74) is 0. The number of halogens is 1. The molecular weight excluding hydrogens is 641 g/mol. The number of hydroxylamine groups is 1. The van der Waals surface area contributed by atoms with Gasteiger partial charge in [0.15, 0.2) is 0 Å². The van der Waals surface area contributed by atoms with E-state index in [0.29, 0.717) is 9.70 Å². The summed E-state index contributed by atoms with van der Waals surface area (Å²) in [6, 6.07) is 0. The van der Waals surface area contributed by atoms with Crippen LogP contribution < -0.4 is 0 Å². The van der Waals surface area contributed by atoms with Gasteiger partial charge in [-0.1, -0.05) is 232 Å². The van der Waals surface area contributed by atoms with Crippen LogP contribution in [-0.2, 0) is 4.79 Å². The summed E-state index contributed by atoms with van der Waals surface area (Å²) in [6.07, 6.45) is 51.5. The Bertz CT molecular complexity index is 527. The Morgan fingerprint density at radius 3 is 0.698 bits per heavy atom. The van der Waals surface area contributed by atoms with Crippen LogP contribution in [0.15, 0.2) is 0 Å². The van der Waals surface area contributed by atoms with Crippen LogP contribution in [0.25, 0.3) is 0 Å². The molecule has 43 heavy (non-hydrogen) atoms. The van der Waals surface area contributed by atoms with Crippen LogP contribution in [0.2, 0.25) is 0 Å². The maximum absolute atomic E-state index is 11.3. The van der Waals surface area contributed by atoms with E-state index >= 15 is 0 Å². The lowest BCUT2D eigenvalue weighted by atomic mass is 10.0. The topological polar surface area (TPSA) is 40.5 Å². The van der Waals surface area contributed by atoms with Crippen LogP contribution in [0.1, 0.15) is 244 Å². The van der Waals surface area contributed by atoms with Gasteiger partial charge in [0.1, 0.15) is 0 Å². The van der Waals surface area contributed by atoms with Gasteiger partial charge in [-0.3, -0.25) is 10.0 Å². The lowest BCUT2D eigenvalue weighted by Crippen LogP contribution is -2.15. The molecular formula is C39H78INO2. The Hall–Kier alpha value is 0.160. The van der Waals surface area contributed by atoms with E-state index in [0.717, 1.165) is 12.8 Å². The van der Waals surface area contributed by atoms with E-state index in [9.17, 15) is 4.79 Å². The van der Waals surface area contributed by atoms with Crippen molar-refractivity contribution >= 4 is 28.8 Å². The fourth-order valence-electron chi connectivity index (χ4n) is 6.45. The van der Waals surface area contributed by atoms with Crippen molar-refractivity contribution in [2.75, 3.05) is 0 Å². The Labute approximate surface area is 285 Å². The molecule has 0 unspecified atom stereocenters. The van der Waals surface area contributed by atoms with Gasteiger partial charge in [-0.2, -0.15) is 3.28 Å². The summed E-state index contributed by atoms with van der Waals surface area (Å²) in [5.74, 6) is -0.179. The predicted octanol–water partition coefficient (Wildman–Crippen LogP) is 15.0. The van der Waals surface area contributed by atoms with Crippen LogP contribution in [-0.4, -0.2) is 14.4 Å². The van der Waals surface area contributed by atoms with Crippen molar-refractivity contribution in [3.05, 3.63) is 0 Å². The molecule has 258 valence electrons. The smallest absolute Gasteiger partial charge is 0.255 e. The fraction of sp³-hybridized carbons (Fsp3) is 0.974.